The van der Waals surface area contributed by atoms with Crippen molar-refractivity contribution in [2.45, 2.75) is 38.1 Å². The molecule has 10 heteroatoms. The van der Waals surface area contributed by atoms with E-state index in [2.05, 4.69) is 10.1 Å². The van der Waals surface area contributed by atoms with Crippen LogP contribution in [0.5, 0.6) is 5.75 Å². The van der Waals surface area contributed by atoms with Crippen LogP contribution in [0.4, 0.5) is 10.1 Å². The van der Waals surface area contributed by atoms with Crippen LogP contribution in [0.25, 0.3) is 0 Å². The largest absolute Gasteiger partial charge is 0.489 e. The molecule has 0 bridgehead atoms. The number of aromatic nitrogens is 1. The molecule has 1 amide bonds. The fourth-order valence-corrected chi connectivity index (χ4v) is 6.29. The first kappa shape index (κ1) is 26.2. The normalized spacial score (nSPS) is 22.4. The minimum absolute atomic E-state index is 0.105. The van der Waals surface area contributed by atoms with Crippen molar-refractivity contribution in [2.75, 3.05) is 44.3 Å². The molecule has 3 aliphatic rings. The number of hydrazone groups is 1. The summed E-state index contributed by atoms with van der Waals surface area (Å²) in [5.41, 5.74) is 1.64. The summed E-state index contributed by atoms with van der Waals surface area (Å²) in [6.45, 7) is 7.18. The summed E-state index contributed by atoms with van der Waals surface area (Å²) >= 11 is 0. The van der Waals surface area contributed by atoms with E-state index in [0.717, 1.165) is 31.6 Å². The average molecular weight is 546 g/mol. The number of ketones is 1. The molecule has 0 N–H and O–H groups in total. The van der Waals surface area contributed by atoms with Gasteiger partial charge in [-0.2, -0.15) is 5.10 Å². The Balaban J connectivity index is 1.21. The summed E-state index contributed by atoms with van der Waals surface area (Å²) in [7, 11) is 0. The zero-order chi connectivity index (χ0) is 27.9. The number of aryl methyl sites for hydroxylation is 1. The topological polar surface area (TPSA) is 91.5 Å². The monoisotopic (exact) mass is 545 g/mol. The summed E-state index contributed by atoms with van der Waals surface area (Å²) in [6.07, 6.45) is 1.47. The van der Waals surface area contributed by atoms with Crippen LogP contribution in [0.1, 0.15) is 41.6 Å². The second kappa shape index (κ2) is 10.5. The smallest absolute Gasteiger partial charge is 0.276 e. The minimum atomic E-state index is -0.709. The molecule has 1 fully saturated rings. The molecular weight excluding hydrogens is 513 g/mol. The minimum Gasteiger partial charge on any atom is -0.489 e. The molecule has 1 aromatic heterocycles. The SMILES string of the molecule is CC(=O)C1=NN2c3cc(F)ccc3OCC2[C@@]1(CCCN1CCN(C(=O)c2cc(C)on2)CC1)c1ccccc1. The van der Waals surface area contributed by atoms with Gasteiger partial charge in [0.15, 0.2) is 11.5 Å². The molecule has 3 aliphatic heterocycles. The molecule has 0 radical (unpaired) electrons. The Kier molecular flexibility index (Phi) is 6.87. The lowest BCUT2D eigenvalue weighted by molar-refractivity contribution is -0.111. The Morgan fingerprint density at radius 1 is 1.07 bits per heavy atom. The first-order valence-corrected chi connectivity index (χ1v) is 13.7. The van der Waals surface area contributed by atoms with E-state index >= 15 is 0 Å². The van der Waals surface area contributed by atoms with Crippen LogP contribution < -0.4 is 9.75 Å². The fourth-order valence-electron chi connectivity index (χ4n) is 6.29. The molecule has 4 heterocycles. The first-order valence-electron chi connectivity index (χ1n) is 13.7. The predicted octanol–water partition coefficient (Wildman–Crippen LogP) is 3.82. The average Bonchev–Trinajstić information content (AvgIpc) is 3.56. The lowest BCUT2D eigenvalue weighted by atomic mass is 9.67. The molecule has 3 aromatic rings. The van der Waals surface area contributed by atoms with Crippen LogP contribution in [-0.2, 0) is 10.2 Å². The van der Waals surface area contributed by atoms with Crippen molar-refractivity contribution in [3.63, 3.8) is 0 Å². The Hall–Kier alpha value is -4.05. The van der Waals surface area contributed by atoms with Gasteiger partial charge in [0.2, 0.25) is 0 Å². The molecule has 9 nitrogen and oxygen atoms in total. The second-order valence-electron chi connectivity index (χ2n) is 10.7. The third-order valence-electron chi connectivity index (χ3n) is 8.23. The number of benzene rings is 2. The number of carbonyl (C=O) groups is 2. The third-order valence-corrected chi connectivity index (χ3v) is 8.23. The van der Waals surface area contributed by atoms with Gasteiger partial charge in [0.05, 0.1) is 5.41 Å². The molecular formula is C30H32FN5O4. The predicted molar refractivity (Wildman–Crippen MR) is 147 cm³/mol. The molecule has 0 saturated carbocycles. The second-order valence-corrected chi connectivity index (χ2v) is 10.7. The number of hydrogen-bond donors (Lipinski definition) is 0. The fraction of sp³-hybridized carbons (Fsp3) is 0.400. The molecule has 2 atom stereocenters. The number of hydrogen-bond acceptors (Lipinski definition) is 8. The van der Waals surface area contributed by atoms with E-state index in [1.807, 2.05) is 35.2 Å². The highest BCUT2D eigenvalue weighted by Gasteiger charge is 2.55. The van der Waals surface area contributed by atoms with Crippen LogP contribution in [0, 0.1) is 12.7 Å². The maximum Gasteiger partial charge on any atom is 0.276 e. The third kappa shape index (κ3) is 4.56. The van der Waals surface area contributed by atoms with Gasteiger partial charge < -0.3 is 14.2 Å². The summed E-state index contributed by atoms with van der Waals surface area (Å²) in [6, 6.07) is 15.8. The number of ether oxygens (including phenoxy) is 1. The molecule has 2 aromatic carbocycles. The van der Waals surface area contributed by atoms with Gasteiger partial charge in [0, 0.05) is 45.2 Å². The van der Waals surface area contributed by atoms with E-state index in [4.69, 9.17) is 14.4 Å². The quantitative estimate of drug-likeness (QED) is 0.446. The van der Waals surface area contributed by atoms with Crippen LogP contribution in [0.15, 0.2) is 64.2 Å². The summed E-state index contributed by atoms with van der Waals surface area (Å²) in [5.74, 6) is 0.580. The maximum absolute atomic E-state index is 14.3. The number of anilines is 1. The maximum atomic E-state index is 14.3. The Morgan fingerprint density at radius 3 is 2.55 bits per heavy atom. The lowest BCUT2D eigenvalue weighted by Gasteiger charge is -2.42. The van der Waals surface area contributed by atoms with Crippen molar-refractivity contribution >= 4 is 23.1 Å². The Labute approximate surface area is 232 Å². The lowest BCUT2D eigenvalue weighted by Crippen LogP contribution is -2.54. The molecule has 0 spiro atoms. The number of rotatable bonds is 7. The number of amides is 1. The number of carbonyl (C=O) groups excluding carboxylic acids is 2. The summed E-state index contributed by atoms with van der Waals surface area (Å²) < 4.78 is 25.4. The van der Waals surface area contributed by atoms with E-state index < -0.39 is 5.41 Å². The van der Waals surface area contributed by atoms with Gasteiger partial charge in [0.25, 0.3) is 5.91 Å². The standard InChI is InChI=1S/C30H32FN5O4/c1-20-17-24(33-40-20)29(38)35-15-13-34(14-16-35)12-6-11-30(22-7-4-3-5-8-22)27-19-39-26-10-9-23(31)18-25(26)36(27)32-28(30)21(2)37/h3-5,7-10,17-18,27H,6,11-16,19H2,1-2H3/t27?,30-/m1/s1. The molecule has 0 aliphatic carbocycles. The van der Waals surface area contributed by atoms with Gasteiger partial charge in [-0.25, -0.2) is 4.39 Å². The van der Waals surface area contributed by atoms with E-state index in [0.29, 0.717) is 54.7 Å². The van der Waals surface area contributed by atoms with E-state index in [-0.39, 0.29) is 23.5 Å². The van der Waals surface area contributed by atoms with Crippen LogP contribution in [-0.4, -0.2) is 77.7 Å². The van der Waals surface area contributed by atoms with E-state index in [1.165, 1.54) is 12.1 Å². The van der Waals surface area contributed by atoms with Gasteiger partial charge in [-0.1, -0.05) is 35.5 Å². The van der Waals surface area contributed by atoms with E-state index in [9.17, 15) is 14.0 Å². The molecule has 40 heavy (non-hydrogen) atoms. The van der Waals surface area contributed by atoms with Crippen LogP contribution in [0.3, 0.4) is 0 Å². The number of Topliss-reactive ketones (excluding diaryl/α,β-unsaturated/α-hetero) is 1. The number of nitrogens with zero attached hydrogens (tertiary/aromatic N) is 5. The molecule has 1 unspecified atom stereocenters. The van der Waals surface area contributed by atoms with E-state index in [1.54, 1.807) is 31.0 Å². The van der Waals surface area contributed by atoms with Gasteiger partial charge in [-0.3, -0.25) is 19.5 Å². The Morgan fingerprint density at radius 2 is 1.85 bits per heavy atom. The van der Waals surface area contributed by atoms with Gasteiger partial charge in [0.1, 0.15) is 41.4 Å². The number of piperazine rings is 1. The molecule has 1 saturated heterocycles. The van der Waals surface area contributed by atoms with Crippen molar-refractivity contribution in [2.24, 2.45) is 5.10 Å². The van der Waals surface area contributed by atoms with Crippen molar-refractivity contribution < 1.29 is 23.2 Å². The van der Waals surface area contributed by atoms with Crippen LogP contribution >= 0.6 is 0 Å². The van der Waals surface area contributed by atoms with Crippen molar-refractivity contribution in [1.29, 1.82) is 0 Å². The zero-order valence-corrected chi connectivity index (χ0v) is 22.7. The van der Waals surface area contributed by atoms with Crippen molar-refractivity contribution in [1.82, 2.24) is 15.0 Å². The van der Waals surface area contributed by atoms with Crippen LogP contribution in [0.2, 0.25) is 0 Å². The highest BCUT2D eigenvalue weighted by molar-refractivity contribution is 6.43. The molecule has 208 valence electrons. The van der Waals surface area contributed by atoms with Gasteiger partial charge in [-0.05, 0) is 44.0 Å². The highest BCUT2D eigenvalue weighted by Crippen LogP contribution is 2.48. The van der Waals surface area contributed by atoms with Gasteiger partial charge >= 0.3 is 0 Å². The Bertz CT molecular complexity index is 1450. The molecule has 6 rings (SSSR count). The summed E-state index contributed by atoms with van der Waals surface area (Å²) in [4.78, 5) is 30.0. The summed E-state index contributed by atoms with van der Waals surface area (Å²) in [5, 5.41) is 10.5. The van der Waals surface area contributed by atoms with Crippen molar-refractivity contribution in [3.8, 4) is 5.75 Å². The highest BCUT2D eigenvalue weighted by atomic mass is 19.1. The van der Waals surface area contributed by atoms with Gasteiger partial charge in [-0.15, -0.1) is 0 Å². The van der Waals surface area contributed by atoms with Crippen molar-refractivity contribution in [3.05, 3.63) is 77.4 Å². The first-order chi connectivity index (χ1) is 19.4. The zero-order valence-electron chi connectivity index (χ0n) is 22.7. The number of fused-ring (bicyclic) bond motifs is 3. The number of halogens is 1.